The second-order valence-corrected chi connectivity index (χ2v) is 8.40. The van der Waals surface area contributed by atoms with E-state index in [9.17, 15) is 8.42 Å². The zero-order valence-electron chi connectivity index (χ0n) is 12.8. The fourth-order valence-electron chi connectivity index (χ4n) is 3.07. The van der Waals surface area contributed by atoms with Gasteiger partial charge in [0.25, 0.3) is 0 Å². The quantitative estimate of drug-likeness (QED) is 0.770. The number of hydrogen-bond donors (Lipinski definition) is 0. The van der Waals surface area contributed by atoms with Crippen molar-refractivity contribution in [2.75, 3.05) is 17.7 Å². The largest absolute Gasteiger partial charge is 0.369 e. The Morgan fingerprint density at radius 2 is 1.90 bits per heavy atom. The third kappa shape index (κ3) is 3.72. The zero-order valence-corrected chi connectivity index (χ0v) is 14.3. The second kappa shape index (κ2) is 7.01. The van der Waals surface area contributed by atoms with Gasteiger partial charge in [-0.2, -0.15) is 0 Å². The number of nitrogens with zero attached hydrogens (tertiary/aromatic N) is 1. The van der Waals surface area contributed by atoms with E-state index in [0.29, 0.717) is 11.3 Å². The van der Waals surface area contributed by atoms with Gasteiger partial charge in [0.05, 0.1) is 21.7 Å². The molecule has 0 N–H and O–H groups in total. The molecule has 1 fully saturated rings. The van der Waals surface area contributed by atoms with Crippen LogP contribution in [-0.2, 0) is 9.84 Å². The number of alkyl halides is 1. The molecule has 1 aromatic carbocycles. The molecule has 21 heavy (non-hydrogen) atoms. The molecule has 0 heterocycles. The predicted molar refractivity (Wildman–Crippen MR) is 89.1 cm³/mol. The van der Waals surface area contributed by atoms with Crippen LogP contribution >= 0.6 is 11.6 Å². The van der Waals surface area contributed by atoms with Gasteiger partial charge in [0.1, 0.15) is 0 Å². The molecule has 5 heteroatoms. The SMILES string of the molecule is CCCS(=O)(=O)c1ccccc1N(C)C1CCCCC1Cl. The monoisotopic (exact) mass is 329 g/mol. The van der Waals surface area contributed by atoms with Crippen LogP contribution in [0.15, 0.2) is 29.2 Å². The van der Waals surface area contributed by atoms with Crippen molar-refractivity contribution in [1.29, 1.82) is 0 Å². The van der Waals surface area contributed by atoms with E-state index in [0.717, 1.165) is 31.4 Å². The molecule has 3 nitrogen and oxygen atoms in total. The molecule has 0 saturated heterocycles. The van der Waals surface area contributed by atoms with Gasteiger partial charge >= 0.3 is 0 Å². The lowest BCUT2D eigenvalue weighted by Crippen LogP contribution is -2.41. The first kappa shape index (κ1) is 16.6. The molecule has 2 atom stereocenters. The summed E-state index contributed by atoms with van der Waals surface area (Å²) < 4.78 is 24.9. The van der Waals surface area contributed by atoms with E-state index in [1.54, 1.807) is 12.1 Å². The van der Waals surface area contributed by atoms with E-state index in [2.05, 4.69) is 4.90 Å². The van der Waals surface area contributed by atoms with Crippen molar-refractivity contribution in [3.05, 3.63) is 24.3 Å². The van der Waals surface area contributed by atoms with Gasteiger partial charge in [-0.15, -0.1) is 11.6 Å². The first-order valence-corrected chi connectivity index (χ1v) is 9.75. The van der Waals surface area contributed by atoms with Gasteiger partial charge in [-0.25, -0.2) is 8.42 Å². The molecule has 1 saturated carbocycles. The van der Waals surface area contributed by atoms with E-state index < -0.39 is 9.84 Å². The smallest absolute Gasteiger partial charge is 0.180 e. The van der Waals surface area contributed by atoms with E-state index in [1.807, 2.05) is 26.1 Å². The molecule has 0 amide bonds. The Hall–Kier alpha value is -0.740. The van der Waals surface area contributed by atoms with Crippen LogP contribution in [0.1, 0.15) is 39.0 Å². The molecule has 1 aliphatic carbocycles. The van der Waals surface area contributed by atoms with E-state index >= 15 is 0 Å². The van der Waals surface area contributed by atoms with E-state index in [1.165, 1.54) is 0 Å². The summed E-state index contributed by atoms with van der Waals surface area (Å²) in [6, 6.07) is 7.49. The van der Waals surface area contributed by atoms with Crippen molar-refractivity contribution in [3.8, 4) is 0 Å². The van der Waals surface area contributed by atoms with Crippen molar-refractivity contribution in [3.63, 3.8) is 0 Å². The van der Waals surface area contributed by atoms with Gasteiger partial charge < -0.3 is 4.90 Å². The highest BCUT2D eigenvalue weighted by molar-refractivity contribution is 7.91. The maximum absolute atomic E-state index is 12.5. The van der Waals surface area contributed by atoms with Crippen LogP contribution in [0.25, 0.3) is 0 Å². The van der Waals surface area contributed by atoms with Crippen molar-refractivity contribution >= 4 is 27.1 Å². The van der Waals surface area contributed by atoms with Crippen LogP contribution in [0.5, 0.6) is 0 Å². The Morgan fingerprint density at radius 1 is 1.24 bits per heavy atom. The Kier molecular flexibility index (Phi) is 5.55. The molecule has 0 aliphatic heterocycles. The highest BCUT2D eigenvalue weighted by Crippen LogP contribution is 2.33. The zero-order chi connectivity index (χ0) is 15.5. The molecular formula is C16H24ClNO2S. The van der Waals surface area contributed by atoms with Gasteiger partial charge in [0.2, 0.25) is 0 Å². The first-order chi connectivity index (χ1) is 9.97. The fourth-order valence-corrected chi connectivity index (χ4v) is 5.09. The summed E-state index contributed by atoms with van der Waals surface area (Å²) in [5, 5.41) is 0.0886. The molecule has 118 valence electrons. The standard InChI is InChI=1S/C16H24ClNO2S/c1-3-12-21(19,20)16-11-7-6-10-15(16)18(2)14-9-5-4-8-13(14)17/h6-7,10-11,13-14H,3-5,8-9,12H2,1-2H3. The Morgan fingerprint density at radius 3 is 2.57 bits per heavy atom. The van der Waals surface area contributed by atoms with Crippen LogP contribution < -0.4 is 4.90 Å². The molecule has 0 bridgehead atoms. The van der Waals surface area contributed by atoms with Crippen molar-refractivity contribution in [2.24, 2.45) is 0 Å². The molecular weight excluding hydrogens is 306 g/mol. The Labute approximate surface area is 133 Å². The molecule has 2 unspecified atom stereocenters. The minimum absolute atomic E-state index is 0.0886. The average Bonchev–Trinajstić information content (AvgIpc) is 2.47. The maximum Gasteiger partial charge on any atom is 0.180 e. The third-order valence-electron chi connectivity index (χ3n) is 4.20. The average molecular weight is 330 g/mol. The summed E-state index contributed by atoms with van der Waals surface area (Å²) in [6.07, 6.45) is 4.96. The van der Waals surface area contributed by atoms with Crippen molar-refractivity contribution in [1.82, 2.24) is 0 Å². The third-order valence-corrected chi connectivity index (χ3v) is 6.67. The molecule has 1 aliphatic rings. The number of para-hydroxylation sites is 1. The maximum atomic E-state index is 12.5. The molecule has 0 radical (unpaired) electrons. The summed E-state index contributed by atoms with van der Waals surface area (Å²) in [4.78, 5) is 2.50. The summed E-state index contributed by atoms with van der Waals surface area (Å²) in [5.41, 5.74) is 0.781. The van der Waals surface area contributed by atoms with E-state index in [4.69, 9.17) is 11.6 Å². The first-order valence-electron chi connectivity index (χ1n) is 7.66. The lowest BCUT2D eigenvalue weighted by molar-refractivity contribution is 0.433. The molecule has 0 spiro atoms. The van der Waals surface area contributed by atoms with E-state index in [-0.39, 0.29) is 17.2 Å². The lowest BCUT2D eigenvalue weighted by atomic mass is 9.93. The molecule has 2 rings (SSSR count). The van der Waals surface area contributed by atoms with Crippen molar-refractivity contribution in [2.45, 2.75) is 55.3 Å². The van der Waals surface area contributed by atoms with Crippen molar-refractivity contribution < 1.29 is 8.42 Å². The number of anilines is 1. The van der Waals surface area contributed by atoms with Gasteiger partial charge in [0, 0.05) is 13.1 Å². The van der Waals surface area contributed by atoms with Gasteiger partial charge in [-0.05, 0) is 31.4 Å². The normalized spacial score (nSPS) is 23.0. The minimum Gasteiger partial charge on any atom is -0.369 e. The van der Waals surface area contributed by atoms with Crippen LogP contribution in [0.4, 0.5) is 5.69 Å². The highest BCUT2D eigenvalue weighted by Gasteiger charge is 2.29. The van der Waals surface area contributed by atoms with Crippen LogP contribution in [0.2, 0.25) is 0 Å². The number of halogens is 1. The Balaban J connectivity index is 2.35. The summed E-state index contributed by atoms with van der Waals surface area (Å²) in [6.45, 7) is 1.89. The highest BCUT2D eigenvalue weighted by atomic mass is 35.5. The number of rotatable bonds is 5. The summed E-state index contributed by atoms with van der Waals surface area (Å²) >= 11 is 6.46. The summed E-state index contributed by atoms with van der Waals surface area (Å²) in [5.74, 6) is 0.187. The second-order valence-electron chi connectivity index (χ2n) is 5.77. The fraction of sp³-hybridized carbons (Fsp3) is 0.625. The van der Waals surface area contributed by atoms with Crippen LogP contribution in [0, 0.1) is 0 Å². The predicted octanol–water partition coefficient (Wildman–Crippen LogP) is 3.86. The number of benzene rings is 1. The molecule has 0 aromatic heterocycles. The Bertz CT molecular complexity index is 573. The van der Waals surface area contributed by atoms with Crippen LogP contribution in [-0.4, -0.2) is 32.6 Å². The minimum atomic E-state index is -3.23. The van der Waals surface area contributed by atoms with Gasteiger partial charge in [-0.1, -0.05) is 31.9 Å². The summed E-state index contributed by atoms with van der Waals surface area (Å²) in [7, 11) is -1.26. The topological polar surface area (TPSA) is 37.4 Å². The number of sulfone groups is 1. The van der Waals surface area contributed by atoms with Gasteiger partial charge in [0.15, 0.2) is 9.84 Å². The van der Waals surface area contributed by atoms with Gasteiger partial charge in [-0.3, -0.25) is 0 Å². The molecule has 1 aromatic rings. The number of hydrogen-bond acceptors (Lipinski definition) is 3. The van der Waals surface area contributed by atoms with Crippen LogP contribution in [0.3, 0.4) is 0 Å². The lowest BCUT2D eigenvalue weighted by Gasteiger charge is -2.37.